The van der Waals surface area contributed by atoms with E-state index in [2.05, 4.69) is 10.4 Å². The summed E-state index contributed by atoms with van der Waals surface area (Å²) >= 11 is 0. The van der Waals surface area contributed by atoms with Gasteiger partial charge in [-0.2, -0.15) is 9.81 Å². The molecule has 2 aliphatic rings. The lowest BCUT2D eigenvalue weighted by Gasteiger charge is -2.18. The monoisotopic (exact) mass is 154 g/mol. The Labute approximate surface area is 64.3 Å². The van der Waals surface area contributed by atoms with Crippen molar-refractivity contribution >= 4 is 0 Å². The van der Waals surface area contributed by atoms with E-state index in [1.165, 1.54) is 0 Å². The van der Waals surface area contributed by atoms with Crippen LogP contribution in [0.25, 0.3) is 0 Å². The molecule has 4 nitrogen and oxygen atoms in total. The Morgan fingerprint density at radius 2 is 1.36 bits per heavy atom. The number of hydrogen-bond donors (Lipinski definition) is 0. The van der Waals surface area contributed by atoms with Gasteiger partial charge in [-0.3, -0.25) is 0 Å². The number of fused-ring (bicyclic) bond motifs is 2. The van der Waals surface area contributed by atoms with E-state index in [4.69, 9.17) is 0 Å². The van der Waals surface area contributed by atoms with Crippen LogP contribution in [0, 0.1) is 21.6 Å². The van der Waals surface area contributed by atoms with E-state index in [-0.39, 0.29) is 12.1 Å². The maximum absolute atomic E-state index is 10.3. The fraction of sp³-hybridized carbons (Fsp3) is 1.00. The molecule has 4 unspecified atom stereocenters. The molecule has 11 heavy (non-hydrogen) atoms. The van der Waals surface area contributed by atoms with Crippen LogP contribution in [0.1, 0.15) is 19.3 Å². The van der Waals surface area contributed by atoms with Crippen molar-refractivity contribution in [2.45, 2.75) is 31.3 Å². The zero-order chi connectivity index (χ0) is 7.84. The molecule has 0 N–H and O–H groups in total. The van der Waals surface area contributed by atoms with Crippen molar-refractivity contribution < 1.29 is 0 Å². The van der Waals surface area contributed by atoms with Crippen LogP contribution in [0.3, 0.4) is 0 Å². The highest BCUT2D eigenvalue weighted by Gasteiger charge is 2.49. The average molecular weight is 154 g/mol. The van der Waals surface area contributed by atoms with Gasteiger partial charge in [-0.15, -0.1) is 0 Å². The highest BCUT2D eigenvalue weighted by atomic mass is 16.3. The maximum atomic E-state index is 10.3. The Morgan fingerprint density at radius 1 is 0.909 bits per heavy atom. The molecular formula is C7H10N2O2. The molecule has 4 atom stereocenters. The molecule has 60 valence electrons. The molecule has 0 aliphatic heterocycles. The van der Waals surface area contributed by atoms with Gasteiger partial charge < -0.3 is 0 Å². The van der Waals surface area contributed by atoms with Gasteiger partial charge in [0.25, 0.3) is 0 Å². The van der Waals surface area contributed by atoms with E-state index in [1.54, 1.807) is 0 Å². The predicted octanol–water partition coefficient (Wildman–Crippen LogP) is 1.69. The molecular weight excluding hydrogens is 144 g/mol. The molecule has 0 aromatic heterocycles. The van der Waals surface area contributed by atoms with Crippen molar-refractivity contribution in [3.63, 3.8) is 0 Å². The second kappa shape index (κ2) is 2.36. The highest BCUT2D eigenvalue weighted by molar-refractivity contribution is 5.04. The lowest BCUT2D eigenvalue weighted by atomic mass is 9.92. The molecule has 0 amide bonds. The van der Waals surface area contributed by atoms with Gasteiger partial charge in [0, 0.05) is 0 Å². The molecule has 2 saturated carbocycles. The van der Waals surface area contributed by atoms with Crippen LogP contribution >= 0.6 is 0 Å². The standard InChI is InChI=1S/C7H10N2O2/c10-8-6-4-1-2-5(3-4)7(6)9-11/h4-7H,1-3H2. The molecule has 0 spiro atoms. The third-order valence-electron chi connectivity index (χ3n) is 3.07. The molecule has 0 aromatic rings. The highest BCUT2D eigenvalue weighted by Crippen LogP contribution is 2.47. The van der Waals surface area contributed by atoms with Crippen molar-refractivity contribution in [1.29, 1.82) is 0 Å². The van der Waals surface area contributed by atoms with E-state index in [9.17, 15) is 9.81 Å². The minimum atomic E-state index is -0.300. The van der Waals surface area contributed by atoms with Gasteiger partial charge in [-0.1, -0.05) is 10.4 Å². The van der Waals surface area contributed by atoms with Crippen LogP contribution in [0.5, 0.6) is 0 Å². The molecule has 2 aliphatic carbocycles. The topological polar surface area (TPSA) is 58.9 Å². The largest absolute Gasteiger partial charge is 0.150 e. The Balaban J connectivity index is 2.19. The van der Waals surface area contributed by atoms with Gasteiger partial charge in [0.05, 0.1) is 0 Å². The summed E-state index contributed by atoms with van der Waals surface area (Å²) in [6.45, 7) is 0. The van der Waals surface area contributed by atoms with Crippen molar-refractivity contribution in [2.75, 3.05) is 0 Å². The molecule has 0 aromatic carbocycles. The van der Waals surface area contributed by atoms with Crippen molar-refractivity contribution in [1.82, 2.24) is 0 Å². The molecule has 2 fully saturated rings. The fourth-order valence-electron chi connectivity index (χ4n) is 2.53. The minimum absolute atomic E-state index is 0.300. The third-order valence-corrected chi connectivity index (χ3v) is 3.07. The number of nitrogens with zero attached hydrogens (tertiary/aromatic N) is 2. The normalized spacial score (nSPS) is 47.6. The lowest BCUT2D eigenvalue weighted by Crippen LogP contribution is -2.28. The number of rotatable bonds is 2. The number of nitroso groups, excluding NO2 is 2. The quantitative estimate of drug-likeness (QED) is 0.568. The first-order valence-electron chi connectivity index (χ1n) is 4.01. The molecule has 0 saturated heterocycles. The zero-order valence-electron chi connectivity index (χ0n) is 6.14. The summed E-state index contributed by atoms with van der Waals surface area (Å²) in [6, 6.07) is -0.600. The summed E-state index contributed by atoms with van der Waals surface area (Å²) in [7, 11) is 0. The molecule has 4 heteroatoms. The summed E-state index contributed by atoms with van der Waals surface area (Å²) in [4.78, 5) is 20.6. The van der Waals surface area contributed by atoms with E-state index < -0.39 is 0 Å². The third kappa shape index (κ3) is 0.814. The van der Waals surface area contributed by atoms with E-state index >= 15 is 0 Å². The van der Waals surface area contributed by atoms with Crippen LogP contribution in [-0.4, -0.2) is 12.1 Å². The predicted molar refractivity (Wildman–Crippen MR) is 40.0 cm³/mol. The van der Waals surface area contributed by atoms with E-state index in [0.717, 1.165) is 19.3 Å². The fourth-order valence-corrected chi connectivity index (χ4v) is 2.53. The van der Waals surface area contributed by atoms with Crippen LogP contribution in [0.2, 0.25) is 0 Å². The van der Waals surface area contributed by atoms with Crippen LogP contribution in [0.15, 0.2) is 10.4 Å². The average Bonchev–Trinajstić information content (AvgIpc) is 2.60. The first-order valence-corrected chi connectivity index (χ1v) is 4.01. The van der Waals surface area contributed by atoms with Crippen molar-refractivity contribution in [3.05, 3.63) is 9.81 Å². The Bertz CT molecular complexity index is 175. The van der Waals surface area contributed by atoms with Crippen LogP contribution < -0.4 is 0 Å². The zero-order valence-corrected chi connectivity index (χ0v) is 6.14. The summed E-state index contributed by atoms with van der Waals surface area (Å²) in [6.07, 6.45) is 3.12. The Kier molecular flexibility index (Phi) is 1.47. The first kappa shape index (κ1) is 6.88. The summed E-state index contributed by atoms with van der Waals surface area (Å²) in [5, 5.41) is 5.96. The second-order valence-corrected chi connectivity index (χ2v) is 3.53. The smallest absolute Gasteiger partial charge is 0.121 e. The van der Waals surface area contributed by atoms with Crippen LogP contribution in [0.4, 0.5) is 0 Å². The van der Waals surface area contributed by atoms with Crippen molar-refractivity contribution in [3.8, 4) is 0 Å². The molecule has 2 bridgehead atoms. The lowest BCUT2D eigenvalue weighted by molar-refractivity contribution is 0.365. The molecule has 2 rings (SSSR count). The molecule has 0 heterocycles. The van der Waals surface area contributed by atoms with Gasteiger partial charge in [-0.05, 0) is 31.1 Å². The Hall–Kier alpha value is -0.800. The number of hydrogen-bond acceptors (Lipinski definition) is 4. The summed E-state index contributed by atoms with van der Waals surface area (Å²) in [5.74, 6) is 0.723. The minimum Gasteiger partial charge on any atom is -0.150 e. The van der Waals surface area contributed by atoms with E-state index in [1.807, 2.05) is 0 Å². The van der Waals surface area contributed by atoms with Crippen molar-refractivity contribution in [2.24, 2.45) is 22.2 Å². The Morgan fingerprint density at radius 3 is 1.73 bits per heavy atom. The van der Waals surface area contributed by atoms with Gasteiger partial charge in [-0.25, -0.2) is 0 Å². The van der Waals surface area contributed by atoms with Gasteiger partial charge in [0.1, 0.15) is 12.1 Å². The van der Waals surface area contributed by atoms with Gasteiger partial charge >= 0.3 is 0 Å². The van der Waals surface area contributed by atoms with E-state index in [0.29, 0.717) is 11.8 Å². The van der Waals surface area contributed by atoms with Gasteiger partial charge in [0.15, 0.2) is 0 Å². The van der Waals surface area contributed by atoms with Gasteiger partial charge in [0.2, 0.25) is 0 Å². The second-order valence-electron chi connectivity index (χ2n) is 3.53. The maximum Gasteiger partial charge on any atom is 0.121 e. The van der Waals surface area contributed by atoms with Crippen LogP contribution in [-0.2, 0) is 0 Å². The first-order chi connectivity index (χ1) is 5.36. The summed E-state index contributed by atoms with van der Waals surface area (Å²) in [5.41, 5.74) is 0. The summed E-state index contributed by atoms with van der Waals surface area (Å²) < 4.78 is 0. The molecule has 0 radical (unpaired) electrons. The SMILES string of the molecule is O=NC1C2CCC(C2)C1N=O.